The van der Waals surface area contributed by atoms with Gasteiger partial charge >= 0.3 is 0 Å². The Morgan fingerprint density at radius 2 is 2.12 bits per heavy atom. The van der Waals surface area contributed by atoms with Crippen LogP contribution in [-0.2, 0) is 0 Å². The third-order valence-electron chi connectivity index (χ3n) is 2.88. The Morgan fingerprint density at radius 3 is 2.69 bits per heavy atom. The molecule has 0 aliphatic heterocycles. The number of nitrogens with two attached hydrogens (primary N) is 1. The molecule has 0 radical (unpaired) electrons. The highest BCUT2D eigenvalue weighted by Crippen LogP contribution is 2.20. The largest absolute Gasteiger partial charge is 0.271 e. The molecule has 0 aromatic carbocycles. The molecule has 1 aromatic heterocycles. The number of nitrogens with zero attached hydrogens (tertiary/aromatic N) is 1. The number of hydrogen-bond acceptors (Lipinski definition) is 3. The first-order valence-corrected chi connectivity index (χ1v) is 6.08. The smallest absolute Gasteiger partial charge is 0.0634 e. The van der Waals surface area contributed by atoms with Gasteiger partial charge in [0.05, 0.1) is 11.7 Å². The maximum Gasteiger partial charge on any atom is 0.0634 e. The molecule has 0 saturated carbocycles. The summed E-state index contributed by atoms with van der Waals surface area (Å²) in [5.41, 5.74) is 6.38. The van der Waals surface area contributed by atoms with Crippen LogP contribution in [0, 0.1) is 13.8 Å². The van der Waals surface area contributed by atoms with E-state index >= 15 is 0 Å². The number of aromatic nitrogens is 1. The Bertz CT molecular complexity index is 323. The number of aryl methyl sites for hydroxylation is 2. The van der Waals surface area contributed by atoms with Crippen LogP contribution in [0.4, 0.5) is 0 Å². The highest BCUT2D eigenvalue weighted by atomic mass is 15.2. The molecule has 1 aromatic rings. The molecule has 0 saturated heterocycles. The first-order chi connectivity index (χ1) is 7.69. The summed E-state index contributed by atoms with van der Waals surface area (Å²) in [4.78, 5) is 4.49. The molecule has 1 atom stereocenters. The Labute approximate surface area is 98.4 Å². The fraction of sp³-hybridized carbons (Fsp3) is 0.615. The zero-order valence-corrected chi connectivity index (χ0v) is 10.6. The highest BCUT2D eigenvalue weighted by Gasteiger charge is 2.13. The molecule has 16 heavy (non-hydrogen) atoms. The van der Waals surface area contributed by atoms with Crippen LogP contribution in [0.15, 0.2) is 12.3 Å². The molecule has 1 rings (SSSR count). The normalized spacial score (nSPS) is 12.8. The molecule has 1 unspecified atom stereocenters. The molecule has 1 heterocycles. The van der Waals surface area contributed by atoms with Crippen molar-refractivity contribution in [3.8, 4) is 0 Å². The summed E-state index contributed by atoms with van der Waals surface area (Å²) in [5, 5.41) is 0. The second-order valence-electron chi connectivity index (χ2n) is 4.43. The summed E-state index contributed by atoms with van der Waals surface area (Å²) in [6, 6.07) is 2.35. The van der Waals surface area contributed by atoms with E-state index in [1.54, 1.807) is 0 Å². The van der Waals surface area contributed by atoms with Crippen molar-refractivity contribution in [3.63, 3.8) is 0 Å². The molecular formula is C13H23N3. The predicted molar refractivity (Wildman–Crippen MR) is 67.9 cm³/mol. The van der Waals surface area contributed by atoms with Crippen LogP contribution >= 0.6 is 0 Å². The van der Waals surface area contributed by atoms with Crippen molar-refractivity contribution in [2.45, 2.75) is 52.5 Å². The van der Waals surface area contributed by atoms with E-state index in [9.17, 15) is 0 Å². The lowest BCUT2D eigenvalue weighted by Crippen LogP contribution is -2.29. The predicted octanol–water partition coefficient (Wildman–Crippen LogP) is 2.78. The minimum Gasteiger partial charge on any atom is -0.271 e. The van der Waals surface area contributed by atoms with Crippen molar-refractivity contribution in [2.75, 3.05) is 0 Å². The van der Waals surface area contributed by atoms with E-state index in [4.69, 9.17) is 5.84 Å². The first kappa shape index (κ1) is 13.1. The van der Waals surface area contributed by atoms with E-state index in [2.05, 4.69) is 37.2 Å². The second-order valence-corrected chi connectivity index (χ2v) is 4.43. The second kappa shape index (κ2) is 6.61. The van der Waals surface area contributed by atoms with E-state index in [0.29, 0.717) is 0 Å². The van der Waals surface area contributed by atoms with Gasteiger partial charge in [0.15, 0.2) is 0 Å². The van der Waals surface area contributed by atoms with Gasteiger partial charge in [-0.05, 0) is 31.4 Å². The molecule has 0 amide bonds. The van der Waals surface area contributed by atoms with Crippen molar-refractivity contribution in [3.05, 3.63) is 29.1 Å². The van der Waals surface area contributed by atoms with Crippen molar-refractivity contribution < 1.29 is 0 Å². The maximum atomic E-state index is 5.60. The molecule has 0 spiro atoms. The van der Waals surface area contributed by atoms with Gasteiger partial charge in [0.1, 0.15) is 0 Å². The van der Waals surface area contributed by atoms with Crippen LogP contribution in [0.1, 0.15) is 55.5 Å². The van der Waals surface area contributed by atoms with Gasteiger partial charge in [-0.3, -0.25) is 16.3 Å². The summed E-state index contributed by atoms with van der Waals surface area (Å²) in [5.74, 6) is 5.60. The molecule has 0 aliphatic rings. The number of rotatable bonds is 6. The Hall–Kier alpha value is -0.930. The summed E-state index contributed by atoms with van der Waals surface area (Å²) < 4.78 is 0. The number of nitrogens with one attached hydrogen (secondary N) is 1. The lowest BCUT2D eigenvalue weighted by Gasteiger charge is -2.17. The lowest BCUT2D eigenvalue weighted by atomic mass is 10.0. The summed E-state index contributed by atoms with van der Waals surface area (Å²) in [7, 11) is 0. The Morgan fingerprint density at radius 1 is 1.38 bits per heavy atom. The summed E-state index contributed by atoms with van der Waals surface area (Å²) in [6.45, 7) is 6.37. The Balaban J connectivity index is 2.70. The van der Waals surface area contributed by atoms with Crippen molar-refractivity contribution in [2.24, 2.45) is 5.84 Å². The van der Waals surface area contributed by atoms with Crippen LogP contribution in [0.5, 0.6) is 0 Å². The third kappa shape index (κ3) is 3.58. The standard InChI is InChI=1S/C13H23N3/c1-4-5-6-7-12(16-14)13-11(3)8-10(2)9-15-13/h8-9,12,16H,4-7,14H2,1-3H3. The van der Waals surface area contributed by atoms with E-state index in [-0.39, 0.29) is 6.04 Å². The molecule has 0 aliphatic carbocycles. The minimum atomic E-state index is 0.187. The Kier molecular flexibility index (Phi) is 5.43. The summed E-state index contributed by atoms with van der Waals surface area (Å²) >= 11 is 0. The van der Waals surface area contributed by atoms with Crippen LogP contribution in [0.25, 0.3) is 0 Å². The van der Waals surface area contributed by atoms with Crippen molar-refractivity contribution in [1.82, 2.24) is 10.4 Å². The van der Waals surface area contributed by atoms with Crippen molar-refractivity contribution >= 4 is 0 Å². The van der Waals surface area contributed by atoms with Crippen LogP contribution in [0.3, 0.4) is 0 Å². The molecule has 3 nitrogen and oxygen atoms in total. The lowest BCUT2D eigenvalue weighted by molar-refractivity contribution is 0.475. The molecule has 0 bridgehead atoms. The van der Waals surface area contributed by atoms with Crippen LogP contribution < -0.4 is 11.3 Å². The van der Waals surface area contributed by atoms with Gasteiger partial charge in [-0.15, -0.1) is 0 Å². The van der Waals surface area contributed by atoms with E-state index < -0.39 is 0 Å². The zero-order valence-electron chi connectivity index (χ0n) is 10.6. The monoisotopic (exact) mass is 221 g/mol. The average molecular weight is 221 g/mol. The average Bonchev–Trinajstić information content (AvgIpc) is 2.26. The van der Waals surface area contributed by atoms with Gasteiger partial charge in [0.2, 0.25) is 0 Å². The molecule has 90 valence electrons. The molecule has 3 N–H and O–H groups in total. The topological polar surface area (TPSA) is 50.9 Å². The van der Waals surface area contributed by atoms with Gasteiger partial charge in [-0.1, -0.05) is 32.3 Å². The van der Waals surface area contributed by atoms with Gasteiger partial charge in [-0.25, -0.2) is 0 Å². The fourth-order valence-corrected chi connectivity index (χ4v) is 1.99. The molecule has 3 heteroatoms. The van der Waals surface area contributed by atoms with E-state index in [1.165, 1.54) is 30.4 Å². The number of unbranched alkanes of at least 4 members (excludes halogenated alkanes) is 2. The number of pyridine rings is 1. The van der Waals surface area contributed by atoms with Gasteiger partial charge in [0.25, 0.3) is 0 Å². The van der Waals surface area contributed by atoms with Gasteiger partial charge < -0.3 is 0 Å². The fourth-order valence-electron chi connectivity index (χ4n) is 1.99. The van der Waals surface area contributed by atoms with E-state index in [0.717, 1.165) is 12.1 Å². The van der Waals surface area contributed by atoms with Crippen LogP contribution in [0.2, 0.25) is 0 Å². The van der Waals surface area contributed by atoms with E-state index in [1.807, 2.05) is 6.20 Å². The minimum absolute atomic E-state index is 0.187. The highest BCUT2D eigenvalue weighted by molar-refractivity contribution is 5.25. The number of hydrogen-bond donors (Lipinski definition) is 2. The van der Waals surface area contributed by atoms with Crippen molar-refractivity contribution in [1.29, 1.82) is 0 Å². The maximum absolute atomic E-state index is 5.60. The quantitative estimate of drug-likeness (QED) is 0.441. The first-order valence-electron chi connectivity index (χ1n) is 6.08. The van der Waals surface area contributed by atoms with Crippen LogP contribution in [-0.4, -0.2) is 4.98 Å². The SMILES string of the molecule is CCCCCC(NN)c1ncc(C)cc1C. The zero-order chi connectivity index (χ0) is 12.0. The van der Waals surface area contributed by atoms with Gasteiger partial charge in [-0.2, -0.15) is 0 Å². The van der Waals surface area contributed by atoms with Gasteiger partial charge in [0, 0.05) is 6.20 Å². The molecule has 0 fully saturated rings. The number of hydrazine groups is 1. The molecular weight excluding hydrogens is 198 g/mol. The third-order valence-corrected chi connectivity index (χ3v) is 2.88. The summed E-state index contributed by atoms with van der Waals surface area (Å²) in [6.07, 6.45) is 6.65.